The Morgan fingerprint density at radius 1 is 1.10 bits per heavy atom. The van der Waals surface area contributed by atoms with Gasteiger partial charge in [-0.15, -0.1) is 11.3 Å². The van der Waals surface area contributed by atoms with E-state index >= 15 is 0 Å². The monoisotopic (exact) mass is 409 g/mol. The van der Waals surface area contributed by atoms with E-state index in [2.05, 4.69) is 10.5 Å². The van der Waals surface area contributed by atoms with E-state index in [1.807, 2.05) is 62.4 Å². The van der Waals surface area contributed by atoms with Crippen LogP contribution < -0.4 is 20.6 Å². The summed E-state index contributed by atoms with van der Waals surface area (Å²) in [6.45, 7) is 4.38. The highest BCUT2D eigenvalue weighted by Gasteiger charge is 2.15. The van der Waals surface area contributed by atoms with Crippen LogP contribution in [-0.4, -0.2) is 25.3 Å². The molecule has 0 fully saturated rings. The summed E-state index contributed by atoms with van der Waals surface area (Å²) in [5.74, 6) is 1.23. The maximum atomic E-state index is 12.6. The summed E-state index contributed by atoms with van der Waals surface area (Å²) in [5.41, 5.74) is 11.6. The van der Waals surface area contributed by atoms with Crippen molar-refractivity contribution in [3.63, 3.8) is 0 Å². The number of hydrazone groups is 1. The summed E-state index contributed by atoms with van der Waals surface area (Å²) in [4.78, 5) is 13.9. The average molecular weight is 410 g/mol. The molecule has 0 saturated heterocycles. The number of nitrogens with zero attached hydrogens (tertiary/aromatic N) is 1. The Hall–Kier alpha value is -3.32. The fourth-order valence-corrected chi connectivity index (χ4v) is 3.66. The minimum absolute atomic E-state index is 0.336. The number of amides is 1. The fraction of sp³-hybridized carbons (Fsp3) is 0.182. The van der Waals surface area contributed by atoms with Crippen LogP contribution in [0.2, 0.25) is 0 Å². The van der Waals surface area contributed by atoms with Crippen molar-refractivity contribution in [1.82, 2.24) is 5.43 Å². The zero-order valence-electron chi connectivity index (χ0n) is 16.6. The van der Waals surface area contributed by atoms with Gasteiger partial charge in [0.1, 0.15) is 16.4 Å². The van der Waals surface area contributed by atoms with Crippen molar-refractivity contribution >= 4 is 28.6 Å². The summed E-state index contributed by atoms with van der Waals surface area (Å²) >= 11 is 1.33. The highest BCUT2D eigenvalue weighted by molar-refractivity contribution is 7.18. The summed E-state index contributed by atoms with van der Waals surface area (Å²) in [6.07, 6.45) is 0. The number of benzene rings is 2. The Morgan fingerprint density at radius 2 is 1.76 bits per heavy atom. The third-order valence-electron chi connectivity index (χ3n) is 4.25. The van der Waals surface area contributed by atoms with Gasteiger partial charge in [-0.1, -0.05) is 0 Å². The number of rotatable bonds is 7. The lowest BCUT2D eigenvalue weighted by Crippen LogP contribution is -2.19. The standard InChI is InChI=1S/C22H23N3O3S/c1-4-28-18-11-5-15(6-12-18)14(2)24-25-22(26)21-19(23)13-20(29-21)16-7-9-17(27-3)10-8-16/h5-13H,4,23H2,1-3H3,(H,25,26)/b24-14-. The molecule has 3 aromatic rings. The third kappa shape index (κ3) is 4.94. The molecule has 0 atom stereocenters. The Balaban J connectivity index is 1.71. The molecule has 0 unspecified atom stereocenters. The molecule has 6 nitrogen and oxygen atoms in total. The lowest BCUT2D eigenvalue weighted by molar-refractivity contribution is 0.0959. The fourth-order valence-electron chi connectivity index (χ4n) is 2.69. The van der Waals surface area contributed by atoms with Crippen LogP contribution in [0.4, 0.5) is 5.69 Å². The molecule has 3 N–H and O–H groups in total. The molecule has 7 heteroatoms. The van der Waals surface area contributed by atoms with E-state index in [1.54, 1.807) is 13.2 Å². The minimum atomic E-state index is -0.336. The van der Waals surface area contributed by atoms with Gasteiger partial charge in [-0.25, -0.2) is 5.43 Å². The number of hydrogen-bond donors (Lipinski definition) is 2. The molecule has 1 amide bonds. The van der Waals surface area contributed by atoms with Crippen molar-refractivity contribution in [1.29, 1.82) is 0 Å². The number of carbonyl (C=O) groups excluding carboxylic acids is 1. The maximum Gasteiger partial charge on any atom is 0.283 e. The predicted molar refractivity (Wildman–Crippen MR) is 118 cm³/mol. The van der Waals surface area contributed by atoms with Crippen molar-refractivity contribution in [3.05, 3.63) is 65.0 Å². The van der Waals surface area contributed by atoms with Crippen molar-refractivity contribution in [2.45, 2.75) is 13.8 Å². The molecule has 150 valence electrons. The summed E-state index contributed by atoms with van der Waals surface area (Å²) in [5, 5.41) is 4.20. The first-order valence-electron chi connectivity index (χ1n) is 9.13. The predicted octanol–water partition coefficient (Wildman–Crippen LogP) is 4.56. The van der Waals surface area contributed by atoms with Gasteiger partial charge < -0.3 is 15.2 Å². The maximum absolute atomic E-state index is 12.6. The summed E-state index contributed by atoms with van der Waals surface area (Å²) in [7, 11) is 1.62. The van der Waals surface area contributed by atoms with Gasteiger partial charge in [0.15, 0.2) is 0 Å². The Labute approximate surface area is 174 Å². The van der Waals surface area contributed by atoms with E-state index < -0.39 is 0 Å². The lowest BCUT2D eigenvalue weighted by Gasteiger charge is -2.05. The van der Waals surface area contributed by atoms with Crippen LogP contribution in [0, 0.1) is 0 Å². The molecule has 0 saturated carbocycles. The SMILES string of the molecule is CCOc1ccc(/C(C)=N\NC(=O)c2sc(-c3ccc(OC)cc3)cc2N)cc1. The van der Waals surface area contributed by atoms with Crippen LogP contribution in [0.15, 0.2) is 59.7 Å². The molecule has 0 aliphatic rings. The smallest absolute Gasteiger partial charge is 0.283 e. The van der Waals surface area contributed by atoms with Gasteiger partial charge >= 0.3 is 0 Å². The molecule has 3 rings (SSSR count). The van der Waals surface area contributed by atoms with E-state index in [1.165, 1.54) is 11.3 Å². The summed E-state index contributed by atoms with van der Waals surface area (Å²) in [6, 6.07) is 16.9. The molecule has 0 aliphatic heterocycles. The van der Waals surface area contributed by atoms with Gasteiger partial charge in [-0.3, -0.25) is 4.79 Å². The van der Waals surface area contributed by atoms with Crippen LogP contribution >= 0.6 is 11.3 Å². The molecule has 0 bridgehead atoms. The molecule has 0 radical (unpaired) electrons. The second-order valence-electron chi connectivity index (χ2n) is 6.22. The average Bonchev–Trinajstić information content (AvgIpc) is 3.14. The van der Waals surface area contributed by atoms with E-state index in [-0.39, 0.29) is 5.91 Å². The lowest BCUT2D eigenvalue weighted by atomic mass is 10.1. The van der Waals surface area contributed by atoms with Crippen molar-refractivity contribution in [2.75, 3.05) is 19.5 Å². The number of nitrogen functional groups attached to an aromatic ring is 1. The Morgan fingerprint density at radius 3 is 2.38 bits per heavy atom. The molecule has 29 heavy (non-hydrogen) atoms. The van der Waals surface area contributed by atoms with Crippen LogP contribution in [0.3, 0.4) is 0 Å². The number of nitrogens with one attached hydrogen (secondary N) is 1. The quantitative estimate of drug-likeness (QED) is 0.442. The van der Waals surface area contributed by atoms with Crippen molar-refractivity contribution in [2.24, 2.45) is 5.10 Å². The molecular formula is C22H23N3O3S. The van der Waals surface area contributed by atoms with Crippen LogP contribution in [0.1, 0.15) is 29.1 Å². The molecule has 1 heterocycles. The molecule has 2 aromatic carbocycles. The van der Waals surface area contributed by atoms with Gasteiger partial charge in [0.25, 0.3) is 5.91 Å². The first-order valence-corrected chi connectivity index (χ1v) is 9.95. The normalized spacial score (nSPS) is 11.2. The van der Waals surface area contributed by atoms with Crippen LogP contribution in [-0.2, 0) is 0 Å². The van der Waals surface area contributed by atoms with Crippen molar-refractivity contribution in [3.8, 4) is 21.9 Å². The number of methoxy groups -OCH3 is 1. The molecule has 0 aliphatic carbocycles. The molecule has 0 spiro atoms. The molecule has 1 aromatic heterocycles. The van der Waals surface area contributed by atoms with Gasteiger partial charge in [-0.05, 0) is 79.6 Å². The number of nitrogens with two attached hydrogens (primary N) is 1. The topological polar surface area (TPSA) is 85.9 Å². The number of ether oxygens (including phenoxy) is 2. The number of thiophene rings is 1. The second-order valence-corrected chi connectivity index (χ2v) is 7.27. The van der Waals surface area contributed by atoms with Crippen LogP contribution in [0.25, 0.3) is 10.4 Å². The van der Waals surface area contributed by atoms with Crippen molar-refractivity contribution < 1.29 is 14.3 Å². The second kappa shape index (κ2) is 9.25. The van der Waals surface area contributed by atoms with E-state index in [9.17, 15) is 4.79 Å². The highest BCUT2D eigenvalue weighted by Crippen LogP contribution is 2.34. The Bertz CT molecular complexity index is 1010. The molecular weight excluding hydrogens is 386 g/mol. The Kier molecular flexibility index (Phi) is 6.51. The van der Waals surface area contributed by atoms with Gasteiger partial charge in [0.2, 0.25) is 0 Å². The minimum Gasteiger partial charge on any atom is -0.497 e. The number of carbonyl (C=O) groups is 1. The third-order valence-corrected chi connectivity index (χ3v) is 5.45. The zero-order valence-corrected chi connectivity index (χ0v) is 17.4. The van der Waals surface area contributed by atoms with Crippen LogP contribution in [0.5, 0.6) is 11.5 Å². The summed E-state index contributed by atoms with van der Waals surface area (Å²) < 4.78 is 10.6. The largest absolute Gasteiger partial charge is 0.497 e. The number of hydrogen-bond acceptors (Lipinski definition) is 6. The highest BCUT2D eigenvalue weighted by atomic mass is 32.1. The van der Waals surface area contributed by atoms with Gasteiger partial charge in [0.05, 0.1) is 25.1 Å². The van der Waals surface area contributed by atoms with E-state index in [4.69, 9.17) is 15.2 Å². The van der Waals surface area contributed by atoms with Gasteiger partial charge in [-0.2, -0.15) is 5.10 Å². The van der Waals surface area contributed by atoms with Gasteiger partial charge in [0, 0.05) is 4.88 Å². The number of anilines is 1. The zero-order chi connectivity index (χ0) is 20.8. The first-order chi connectivity index (χ1) is 14.0. The van der Waals surface area contributed by atoms with E-state index in [0.29, 0.717) is 22.9 Å². The van der Waals surface area contributed by atoms with E-state index in [0.717, 1.165) is 27.5 Å². The first kappa shape index (κ1) is 20.4.